The van der Waals surface area contributed by atoms with Crippen LogP contribution >= 0.6 is 23.5 Å². The van der Waals surface area contributed by atoms with Gasteiger partial charge in [0, 0.05) is 31.5 Å². The Hall–Kier alpha value is -1.38. The van der Waals surface area contributed by atoms with E-state index in [1.165, 1.54) is 31.2 Å². The van der Waals surface area contributed by atoms with Gasteiger partial charge in [0.2, 0.25) is 5.95 Å². The minimum Gasteiger partial charge on any atom is -0.372 e. The highest BCUT2D eigenvalue weighted by atomic mass is 35.5. The van der Waals surface area contributed by atoms with Crippen molar-refractivity contribution in [3.8, 4) is 0 Å². The number of rotatable bonds is 8. The molecule has 2 atom stereocenters. The second-order valence-corrected chi connectivity index (χ2v) is 8.43. The standard InChI is InChI=1S/C17H25ClN6OS/c1-10(2)24-16(12-6-5-7-12)21-22-17(24)23-26-11(3)14(25-4)15-19-8-13(18)9-20-15/h8-12,14H,5-7H2,1-4H3,(H,22,23). The molecule has 0 aliphatic heterocycles. The van der Waals surface area contributed by atoms with Gasteiger partial charge < -0.3 is 4.74 Å². The van der Waals surface area contributed by atoms with E-state index in [9.17, 15) is 0 Å². The molecule has 142 valence electrons. The fourth-order valence-corrected chi connectivity index (χ4v) is 3.90. The predicted octanol–water partition coefficient (Wildman–Crippen LogP) is 4.41. The predicted molar refractivity (Wildman–Crippen MR) is 104 cm³/mol. The van der Waals surface area contributed by atoms with Crippen molar-refractivity contribution >= 4 is 29.5 Å². The van der Waals surface area contributed by atoms with Crippen molar-refractivity contribution in [1.82, 2.24) is 24.7 Å². The Morgan fingerprint density at radius 2 is 1.92 bits per heavy atom. The molecule has 1 fully saturated rings. The third kappa shape index (κ3) is 4.13. The molecule has 9 heteroatoms. The largest absolute Gasteiger partial charge is 0.372 e. The van der Waals surface area contributed by atoms with Crippen LogP contribution in [0.2, 0.25) is 5.02 Å². The van der Waals surface area contributed by atoms with Crippen LogP contribution in [0.15, 0.2) is 12.4 Å². The highest BCUT2D eigenvalue weighted by Crippen LogP contribution is 2.38. The molecule has 0 radical (unpaired) electrons. The number of methoxy groups -OCH3 is 1. The second kappa shape index (κ2) is 8.54. The number of hydrogen-bond donors (Lipinski definition) is 1. The maximum Gasteiger partial charge on any atom is 0.234 e. The van der Waals surface area contributed by atoms with Gasteiger partial charge in [-0.3, -0.25) is 9.29 Å². The van der Waals surface area contributed by atoms with Crippen LogP contribution in [-0.2, 0) is 4.74 Å². The molecule has 0 saturated heterocycles. The number of hydrogen-bond acceptors (Lipinski definition) is 7. The lowest BCUT2D eigenvalue weighted by molar-refractivity contribution is 0.0972. The quantitative estimate of drug-likeness (QED) is 0.662. The van der Waals surface area contributed by atoms with E-state index in [0.717, 1.165) is 11.8 Å². The van der Waals surface area contributed by atoms with Crippen LogP contribution < -0.4 is 4.72 Å². The summed E-state index contributed by atoms with van der Waals surface area (Å²) >= 11 is 7.40. The third-order valence-electron chi connectivity index (χ3n) is 4.62. The lowest BCUT2D eigenvalue weighted by Crippen LogP contribution is -2.20. The molecule has 0 bridgehead atoms. The van der Waals surface area contributed by atoms with Crippen molar-refractivity contribution in [3.05, 3.63) is 29.1 Å². The molecule has 2 aromatic rings. The van der Waals surface area contributed by atoms with Gasteiger partial charge in [0.05, 0.1) is 10.3 Å². The number of anilines is 1. The molecular weight excluding hydrogens is 372 g/mol. The summed E-state index contributed by atoms with van der Waals surface area (Å²) < 4.78 is 11.2. The van der Waals surface area contributed by atoms with Crippen LogP contribution in [0, 0.1) is 0 Å². The zero-order valence-corrected chi connectivity index (χ0v) is 17.1. The molecule has 1 N–H and O–H groups in total. The Labute approximate surface area is 163 Å². The van der Waals surface area contributed by atoms with Gasteiger partial charge in [-0.1, -0.05) is 18.0 Å². The molecule has 1 aliphatic carbocycles. The normalized spacial score (nSPS) is 17.2. The van der Waals surface area contributed by atoms with E-state index >= 15 is 0 Å². The molecule has 0 aromatic carbocycles. The molecule has 0 amide bonds. The number of ether oxygens (including phenoxy) is 1. The minimum atomic E-state index is -0.258. The van der Waals surface area contributed by atoms with E-state index in [0.29, 0.717) is 22.8 Å². The molecule has 1 saturated carbocycles. The van der Waals surface area contributed by atoms with E-state index in [2.05, 4.69) is 50.2 Å². The number of aromatic nitrogens is 5. The van der Waals surface area contributed by atoms with E-state index in [4.69, 9.17) is 16.3 Å². The highest BCUT2D eigenvalue weighted by molar-refractivity contribution is 8.01. The molecule has 2 unspecified atom stereocenters. The van der Waals surface area contributed by atoms with Gasteiger partial charge in [0.15, 0.2) is 5.82 Å². The van der Waals surface area contributed by atoms with Gasteiger partial charge in [-0.2, -0.15) is 0 Å². The van der Waals surface area contributed by atoms with Gasteiger partial charge in [0.1, 0.15) is 11.9 Å². The maximum atomic E-state index is 5.87. The fourth-order valence-electron chi connectivity index (χ4n) is 3.01. The zero-order valence-electron chi connectivity index (χ0n) is 15.5. The first-order valence-corrected chi connectivity index (χ1v) is 10.1. The van der Waals surface area contributed by atoms with Crippen LogP contribution in [-0.4, -0.2) is 37.1 Å². The van der Waals surface area contributed by atoms with Gasteiger partial charge in [-0.25, -0.2) is 9.97 Å². The Kier molecular flexibility index (Phi) is 6.37. The molecule has 2 heterocycles. The van der Waals surface area contributed by atoms with Crippen LogP contribution in [0.4, 0.5) is 5.95 Å². The van der Waals surface area contributed by atoms with Crippen LogP contribution in [0.3, 0.4) is 0 Å². The molecule has 26 heavy (non-hydrogen) atoms. The lowest BCUT2D eigenvalue weighted by Gasteiger charge is -2.27. The van der Waals surface area contributed by atoms with E-state index in [1.54, 1.807) is 19.5 Å². The van der Waals surface area contributed by atoms with Crippen molar-refractivity contribution in [1.29, 1.82) is 0 Å². The summed E-state index contributed by atoms with van der Waals surface area (Å²) in [6.07, 6.45) is 6.59. The number of halogens is 1. The Morgan fingerprint density at radius 1 is 1.23 bits per heavy atom. The monoisotopic (exact) mass is 396 g/mol. The van der Waals surface area contributed by atoms with Crippen molar-refractivity contribution in [2.24, 2.45) is 0 Å². The minimum absolute atomic E-state index is 0.0608. The zero-order chi connectivity index (χ0) is 18.7. The van der Waals surface area contributed by atoms with Gasteiger partial charge >= 0.3 is 0 Å². The average Bonchev–Trinajstić information content (AvgIpc) is 2.97. The molecule has 0 spiro atoms. The summed E-state index contributed by atoms with van der Waals surface area (Å²) in [5, 5.41) is 9.38. The lowest BCUT2D eigenvalue weighted by atomic mass is 9.84. The molecule has 1 aliphatic rings. The Bertz CT molecular complexity index is 719. The molecule has 2 aromatic heterocycles. The van der Waals surface area contributed by atoms with Gasteiger partial charge in [0.25, 0.3) is 0 Å². The van der Waals surface area contributed by atoms with Crippen LogP contribution in [0.5, 0.6) is 0 Å². The topological polar surface area (TPSA) is 77.8 Å². The summed E-state index contributed by atoms with van der Waals surface area (Å²) in [7, 11) is 1.66. The van der Waals surface area contributed by atoms with Crippen molar-refractivity contribution < 1.29 is 4.74 Å². The second-order valence-electron chi connectivity index (χ2n) is 6.81. The fraction of sp³-hybridized carbons (Fsp3) is 0.647. The Balaban J connectivity index is 1.69. The summed E-state index contributed by atoms with van der Waals surface area (Å²) in [6.45, 7) is 6.38. The van der Waals surface area contributed by atoms with Crippen LogP contribution in [0.1, 0.15) is 69.7 Å². The summed E-state index contributed by atoms with van der Waals surface area (Å²) in [6, 6.07) is 0.303. The summed E-state index contributed by atoms with van der Waals surface area (Å²) in [5.41, 5.74) is 0. The molecular formula is C17H25ClN6OS. The number of nitrogens with one attached hydrogen (secondary N) is 1. The third-order valence-corrected chi connectivity index (χ3v) is 5.73. The van der Waals surface area contributed by atoms with Crippen molar-refractivity contribution in [2.75, 3.05) is 11.8 Å². The highest BCUT2D eigenvalue weighted by Gasteiger charge is 2.28. The van der Waals surface area contributed by atoms with Crippen molar-refractivity contribution in [3.63, 3.8) is 0 Å². The van der Waals surface area contributed by atoms with Gasteiger partial charge in [-0.15, -0.1) is 10.2 Å². The first-order chi connectivity index (χ1) is 12.5. The van der Waals surface area contributed by atoms with Gasteiger partial charge in [-0.05, 0) is 45.6 Å². The Morgan fingerprint density at radius 3 is 2.46 bits per heavy atom. The van der Waals surface area contributed by atoms with E-state index < -0.39 is 0 Å². The first kappa shape index (κ1) is 19.4. The molecule has 7 nitrogen and oxygen atoms in total. The number of nitrogens with zero attached hydrogens (tertiary/aromatic N) is 5. The summed E-state index contributed by atoms with van der Waals surface area (Å²) in [4.78, 5) is 8.55. The maximum absolute atomic E-state index is 5.87. The van der Waals surface area contributed by atoms with E-state index in [1.807, 2.05) is 0 Å². The van der Waals surface area contributed by atoms with E-state index in [-0.39, 0.29) is 11.4 Å². The van der Waals surface area contributed by atoms with Crippen LogP contribution in [0.25, 0.3) is 0 Å². The van der Waals surface area contributed by atoms with Crippen molar-refractivity contribution in [2.45, 2.75) is 63.3 Å². The smallest absolute Gasteiger partial charge is 0.234 e. The SMILES string of the molecule is COC(c1ncc(Cl)cn1)C(C)SNc1nnc(C2CCC2)n1C(C)C. The summed E-state index contributed by atoms with van der Waals surface area (Å²) in [5.74, 6) is 3.02. The first-order valence-electron chi connectivity index (χ1n) is 8.88. The average molecular weight is 397 g/mol. The molecule has 3 rings (SSSR count).